The van der Waals surface area contributed by atoms with Gasteiger partial charge in [-0.3, -0.25) is 9.36 Å². The van der Waals surface area contributed by atoms with Crippen molar-refractivity contribution in [2.45, 2.75) is 32.7 Å². The molecule has 1 aromatic carbocycles. The van der Waals surface area contributed by atoms with Crippen molar-refractivity contribution in [1.29, 1.82) is 0 Å². The fourth-order valence-corrected chi connectivity index (χ4v) is 3.04. The second kappa shape index (κ2) is 6.86. The van der Waals surface area contributed by atoms with E-state index >= 15 is 0 Å². The van der Waals surface area contributed by atoms with Crippen LogP contribution in [0, 0.1) is 0 Å². The summed E-state index contributed by atoms with van der Waals surface area (Å²) >= 11 is 0. The number of ether oxygens (including phenoxy) is 2. The third-order valence-corrected chi connectivity index (χ3v) is 4.05. The number of aryl methyl sites for hydroxylation is 1. The Morgan fingerprint density at radius 2 is 2.29 bits per heavy atom. The first-order valence-electron chi connectivity index (χ1n) is 8.10. The summed E-state index contributed by atoms with van der Waals surface area (Å²) in [6.07, 6.45) is 3.93. The summed E-state index contributed by atoms with van der Waals surface area (Å²) in [5.41, 5.74) is 1.32. The van der Waals surface area contributed by atoms with Crippen molar-refractivity contribution in [2.24, 2.45) is 0 Å². The monoisotopic (exact) mass is 328 g/mol. The number of rotatable bonds is 6. The van der Waals surface area contributed by atoms with Crippen LogP contribution in [0.3, 0.4) is 0 Å². The molecule has 2 aromatic rings. The molecule has 3 rings (SSSR count). The first-order valence-corrected chi connectivity index (χ1v) is 8.10. The van der Waals surface area contributed by atoms with Crippen LogP contribution in [0.1, 0.15) is 24.7 Å². The number of carbonyl (C=O) groups excluding carboxylic acids is 1. The molecule has 0 aliphatic carbocycles. The van der Waals surface area contributed by atoms with Crippen molar-refractivity contribution in [2.75, 3.05) is 13.2 Å². The Balaban J connectivity index is 2.07. The van der Waals surface area contributed by atoms with Gasteiger partial charge >= 0.3 is 5.97 Å². The zero-order valence-corrected chi connectivity index (χ0v) is 13.7. The van der Waals surface area contributed by atoms with Crippen molar-refractivity contribution in [3.05, 3.63) is 46.5 Å². The maximum atomic E-state index is 12.9. The van der Waals surface area contributed by atoms with Gasteiger partial charge in [-0.15, -0.1) is 6.58 Å². The van der Waals surface area contributed by atoms with E-state index in [1.165, 1.54) is 0 Å². The molecule has 1 aliphatic heterocycles. The second-order valence-corrected chi connectivity index (χ2v) is 5.61. The van der Waals surface area contributed by atoms with Crippen LogP contribution in [-0.2, 0) is 28.9 Å². The van der Waals surface area contributed by atoms with E-state index in [-0.39, 0.29) is 12.2 Å². The molecule has 0 spiro atoms. The SMILES string of the molecule is C=CCc1c(OCC(=O)OCC)ccc2nc3n(c(=O)c12)CCC3. The van der Waals surface area contributed by atoms with Crippen molar-refractivity contribution in [1.82, 2.24) is 9.55 Å². The molecule has 0 saturated carbocycles. The predicted octanol–water partition coefficient (Wildman–Crippen LogP) is 2.01. The lowest BCUT2D eigenvalue weighted by molar-refractivity contribution is -0.145. The van der Waals surface area contributed by atoms with E-state index < -0.39 is 5.97 Å². The lowest BCUT2D eigenvalue weighted by Crippen LogP contribution is -2.22. The van der Waals surface area contributed by atoms with Gasteiger partial charge in [0, 0.05) is 18.5 Å². The number of benzene rings is 1. The topological polar surface area (TPSA) is 70.4 Å². The molecule has 0 bridgehead atoms. The van der Waals surface area contributed by atoms with Gasteiger partial charge in [-0.05, 0) is 31.9 Å². The Kier molecular flexibility index (Phi) is 4.64. The summed E-state index contributed by atoms with van der Waals surface area (Å²) in [5.74, 6) is 0.885. The highest BCUT2D eigenvalue weighted by atomic mass is 16.6. The summed E-state index contributed by atoms with van der Waals surface area (Å²) in [7, 11) is 0. The summed E-state index contributed by atoms with van der Waals surface area (Å²) in [6.45, 7) is 6.30. The number of aromatic nitrogens is 2. The zero-order valence-electron chi connectivity index (χ0n) is 13.7. The third kappa shape index (κ3) is 2.91. The van der Waals surface area contributed by atoms with Gasteiger partial charge in [-0.25, -0.2) is 9.78 Å². The first-order chi connectivity index (χ1) is 11.7. The normalized spacial score (nSPS) is 12.9. The predicted molar refractivity (Wildman–Crippen MR) is 90.4 cm³/mol. The minimum Gasteiger partial charge on any atom is -0.482 e. The van der Waals surface area contributed by atoms with E-state index in [1.807, 2.05) is 0 Å². The number of esters is 1. The van der Waals surface area contributed by atoms with Crippen LogP contribution in [0.15, 0.2) is 29.6 Å². The molecule has 6 heteroatoms. The molecule has 0 amide bonds. The molecule has 0 radical (unpaired) electrons. The Morgan fingerprint density at radius 1 is 1.46 bits per heavy atom. The molecule has 6 nitrogen and oxygen atoms in total. The number of hydrogen-bond donors (Lipinski definition) is 0. The maximum absolute atomic E-state index is 12.9. The van der Waals surface area contributed by atoms with Crippen LogP contribution >= 0.6 is 0 Å². The van der Waals surface area contributed by atoms with E-state index in [0.29, 0.717) is 41.8 Å². The number of hydrogen-bond acceptors (Lipinski definition) is 5. The summed E-state index contributed by atoms with van der Waals surface area (Å²) in [5, 5.41) is 0.543. The Morgan fingerprint density at radius 3 is 3.04 bits per heavy atom. The number of allylic oxidation sites excluding steroid dienone is 1. The van der Waals surface area contributed by atoms with Crippen LogP contribution in [0.2, 0.25) is 0 Å². The van der Waals surface area contributed by atoms with Gasteiger partial charge in [0.2, 0.25) is 0 Å². The molecule has 1 aliphatic rings. The maximum Gasteiger partial charge on any atom is 0.344 e. The van der Waals surface area contributed by atoms with Crippen LogP contribution in [-0.4, -0.2) is 28.7 Å². The van der Waals surface area contributed by atoms with Crippen LogP contribution in [0.25, 0.3) is 10.9 Å². The molecule has 0 fully saturated rings. The van der Waals surface area contributed by atoms with Crippen molar-refractivity contribution in [3.63, 3.8) is 0 Å². The molecule has 1 aromatic heterocycles. The molecule has 0 saturated heterocycles. The third-order valence-electron chi connectivity index (χ3n) is 4.05. The fourth-order valence-electron chi connectivity index (χ4n) is 3.04. The van der Waals surface area contributed by atoms with E-state index in [0.717, 1.165) is 18.7 Å². The highest BCUT2D eigenvalue weighted by Crippen LogP contribution is 2.27. The van der Waals surface area contributed by atoms with E-state index in [4.69, 9.17) is 9.47 Å². The van der Waals surface area contributed by atoms with Gasteiger partial charge in [0.25, 0.3) is 5.56 Å². The van der Waals surface area contributed by atoms with Crippen LogP contribution in [0.5, 0.6) is 5.75 Å². The number of fused-ring (bicyclic) bond motifs is 2. The molecule has 24 heavy (non-hydrogen) atoms. The van der Waals surface area contributed by atoms with E-state index in [9.17, 15) is 9.59 Å². The van der Waals surface area contributed by atoms with Gasteiger partial charge in [-0.2, -0.15) is 0 Å². The van der Waals surface area contributed by atoms with Crippen molar-refractivity contribution in [3.8, 4) is 5.75 Å². The average molecular weight is 328 g/mol. The van der Waals surface area contributed by atoms with E-state index in [1.54, 1.807) is 29.7 Å². The molecular weight excluding hydrogens is 308 g/mol. The zero-order chi connectivity index (χ0) is 17.1. The minimum atomic E-state index is -0.439. The van der Waals surface area contributed by atoms with Crippen LogP contribution in [0.4, 0.5) is 0 Å². The van der Waals surface area contributed by atoms with Crippen molar-refractivity contribution < 1.29 is 14.3 Å². The van der Waals surface area contributed by atoms with Gasteiger partial charge in [0.15, 0.2) is 6.61 Å². The molecule has 0 atom stereocenters. The quantitative estimate of drug-likeness (QED) is 0.599. The Hall–Kier alpha value is -2.63. The lowest BCUT2D eigenvalue weighted by atomic mass is 10.0. The highest BCUT2D eigenvalue weighted by Gasteiger charge is 2.20. The number of nitrogens with zero attached hydrogens (tertiary/aromatic N) is 2. The molecule has 126 valence electrons. The molecular formula is C18H20N2O4. The summed E-state index contributed by atoms with van der Waals surface area (Å²) < 4.78 is 12.2. The van der Waals surface area contributed by atoms with Gasteiger partial charge < -0.3 is 9.47 Å². The smallest absolute Gasteiger partial charge is 0.344 e. The highest BCUT2D eigenvalue weighted by molar-refractivity contribution is 5.84. The molecule has 0 N–H and O–H groups in total. The van der Waals surface area contributed by atoms with Gasteiger partial charge in [0.1, 0.15) is 11.6 Å². The summed E-state index contributed by atoms with van der Waals surface area (Å²) in [6, 6.07) is 3.52. The first kappa shape index (κ1) is 16.2. The fraction of sp³-hybridized carbons (Fsp3) is 0.389. The number of carbonyl (C=O) groups is 1. The van der Waals surface area contributed by atoms with Gasteiger partial charge in [-0.1, -0.05) is 6.08 Å². The van der Waals surface area contributed by atoms with Crippen molar-refractivity contribution >= 4 is 16.9 Å². The lowest BCUT2D eigenvalue weighted by Gasteiger charge is -2.13. The minimum absolute atomic E-state index is 0.0501. The summed E-state index contributed by atoms with van der Waals surface area (Å²) in [4.78, 5) is 29.0. The average Bonchev–Trinajstić information content (AvgIpc) is 3.03. The van der Waals surface area contributed by atoms with Gasteiger partial charge in [0.05, 0.1) is 17.5 Å². The standard InChI is InChI=1S/C18H20N2O4/c1-3-6-12-14(24-11-16(21)23-4-2)9-8-13-17(12)18(22)20-10-5-7-15(20)19-13/h3,8-9H,1,4-7,10-11H2,2H3. The second-order valence-electron chi connectivity index (χ2n) is 5.61. The Labute approximate surface area is 139 Å². The Bertz CT molecular complexity index is 854. The van der Waals surface area contributed by atoms with Crippen LogP contribution < -0.4 is 10.3 Å². The van der Waals surface area contributed by atoms with E-state index in [2.05, 4.69) is 11.6 Å². The largest absolute Gasteiger partial charge is 0.482 e. The molecule has 0 unspecified atom stereocenters. The molecule has 2 heterocycles.